The number of rotatable bonds is 0. The molecule has 0 unspecified atom stereocenters. The van der Waals surface area contributed by atoms with Crippen LogP contribution < -0.4 is 9.47 Å². The van der Waals surface area contributed by atoms with Gasteiger partial charge in [-0.3, -0.25) is 4.98 Å². The molecule has 0 N–H and O–H groups in total. The molecule has 29 heavy (non-hydrogen) atoms. The number of aromatic nitrogens is 5. The second kappa shape index (κ2) is 7.43. The van der Waals surface area contributed by atoms with Crippen LogP contribution >= 0.6 is 0 Å². The molecule has 0 atom stereocenters. The van der Waals surface area contributed by atoms with Crippen LogP contribution in [0, 0.1) is 0 Å². The highest BCUT2D eigenvalue weighted by atomic mass is 16.7. The summed E-state index contributed by atoms with van der Waals surface area (Å²) in [4.78, 5) is 17.4. The zero-order valence-corrected chi connectivity index (χ0v) is 15.2. The van der Waals surface area contributed by atoms with Gasteiger partial charge in [-0.25, -0.2) is 15.0 Å². The Morgan fingerprint density at radius 1 is 1.07 bits per heavy atom. The lowest BCUT2D eigenvalue weighted by atomic mass is 10.1. The fourth-order valence-corrected chi connectivity index (χ4v) is 3.00. The van der Waals surface area contributed by atoms with E-state index in [1.807, 2.05) is 35.3 Å². The third-order valence-electron chi connectivity index (χ3n) is 4.33. The van der Waals surface area contributed by atoms with E-state index in [1.165, 1.54) is 18.9 Å². The molecule has 3 aromatic rings. The molecule has 0 amide bonds. The number of benzene rings is 1. The first-order valence-corrected chi connectivity index (χ1v) is 8.84. The van der Waals surface area contributed by atoms with Crippen molar-refractivity contribution in [3.8, 4) is 11.5 Å². The zero-order chi connectivity index (χ0) is 19.5. The Bertz CT molecular complexity index is 1310. The van der Waals surface area contributed by atoms with Crippen molar-refractivity contribution in [3.63, 3.8) is 0 Å². The topological polar surface area (TPSA) is 88.1 Å². The summed E-state index contributed by atoms with van der Waals surface area (Å²) in [5, 5.41) is 1.59. The monoisotopic (exact) mass is 385 g/mol. The largest absolute Gasteiger partial charge is 0.473 e. The van der Waals surface area contributed by atoms with Gasteiger partial charge in [0.1, 0.15) is 11.8 Å². The van der Waals surface area contributed by atoms with Crippen LogP contribution in [0.2, 0.25) is 0 Å². The molecule has 0 saturated carbocycles. The molecule has 0 fully saturated rings. The predicted octanol–water partition coefficient (Wildman–Crippen LogP) is 4.01. The number of hydrogen-bond donors (Lipinski definition) is 0. The quantitative estimate of drug-likeness (QED) is 0.452. The maximum Gasteiger partial charge on any atom is 0.231 e. The van der Waals surface area contributed by atoms with Crippen LogP contribution in [0.15, 0.2) is 72.5 Å². The number of nitrogens with zero attached hydrogens (tertiary/aromatic N) is 5. The molecule has 1 aromatic carbocycles. The van der Waals surface area contributed by atoms with Gasteiger partial charge in [0, 0.05) is 48.0 Å². The summed E-state index contributed by atoms with van der Waals surface area (Å²) >= 11 is 0. The van der Waals surface area contributed by atoms with Gasteiger partial charge in [0.15, 0.2) is 17.1 Å². The minimum atomic E-state index is 0.152. The highest BCUT2D eigenvalue weighted by molar-refractivity contribution is 5.97. The van der Waals surface area contributed by atoms with Crippen molar-refractivity contribution < 1.29 is 13.9 Å². The molecule has 0 saturated heterocycles. The molecule has 2 bridgehead atoms. The third kappa shape index (κ3) is 3.39. The maximum atomic E-state index is 5.72. The predicted molar refractivity (Wildman–Crippen MR) is 107 cm³/mol. The van der Waals surface area contributed by atoms with Crippen LogP contribution in [0.1, 0.15) is 5.56 Å². The molecule has 142 valence electrons. The second-order valence-corrected chi connectivity index (χ2v) is 6.13. The van der Waals surface area contributed by atoms with E-state index in [0.29, 0.717) is 28.0 Å². The third-order valence-corrected chi connectivity index (χ3v) is 4.33. The van der Waals surface area contributed by atoms with E-state index in [1.54, 1.807) is 30.7 Å². The van der Waals surface area contributed by atoms with Gasteiger partial charge in [0.2, 0.25) is 6.79 Å². The van der Waals surface area contributed by atoms with Crippen LogP contribution in [0.3, 0.4) is 0 Å². The molecular weight excluding hydrogens is 370 g/mol. The average molecular weight is 385 g/mol. The Hall–Kier alpha value is -4.20. The van der Waals surface area contributed by atoms with Crippen LogP contribution in [0.25, 0.3) is 34.2 Å². The van der Waals surface area contributed by atoms with Crippen molar-refractivity contribution in [2.45, 2.75) is 0 Å². The van der Waals surface area contributed by atoms with Gasteiger partial charge >= 0.3 is 0 Å². The Kier molecular flexibility index (Phi) is 4.34. The van der Waals surface area contributed by atoms with Crippen molar-refractivity contribution in [2.75, 3.05) is 6.79 Å². The Morgan fingerprint density at radius 2 is 2.07 bits per heavy atom. The summed E-state index contributed by atoms with van der Waals surface area (Å²) in [5.41, 5.74) is 2.11. The summed E-state index contributed by atoms with van der Waals surface area (Å²) in [6, 6.07) is 5.38. The van der Waals surface area contributed by atoms with Gasteiger partial charge in [-0.2, -0.15) is 0 Å². The Balaban J connectivity index is 1.95. The van der Waals surface area contributed by atoms with E-state index in [2.05, 4.69) is 15.0 Å². The zero-order valence-electron chi connectivity index (χ0n) is 15.2. The fourth-order valence-electron chi connectivity index (χ4n) is 3.00. The van der Waals surface area contributed by atoms with E-state index >= 15 is 0 Å². The molecule has 8 nitrogen and oxygen atoms in total. The Labute approximate surface area is 165 Å². The molecule has 8 heteroatoms. The number of ether oxygens (including phenoxy) is 2. The highest BCUT2D eigenvalue weighted by Gasteiger charge is 2.20. The lowest BCUT2D eigenvalue weighted by Gasteiger charge is -2.09. The standard InChI is InChI=1S/C21H15N5O3/c1-4-22-5-7-26-6-2-15-10-18-20(29-14-28-18)19(17(15)12-26)25-21-16(3-9-27-8-1)11-23-13-24-21/h1-13H,14H2. The van der Waals surface area contributed by atoms with Gasteiger partial charge in [0.25, 0.3) is 0 Å². The minimum absolute atomic E-state index is 0.152. The summed E-state index contributed by atoms with van der Waals surface area (Å²) in [7, 11) is 0. The lowest BCUT2D eigenvalue weighted by molar-refractivity contribution is 0.174. The summed E-state index contributed by atoms with van der Waals surface area (Å²) in [6.45, 7) is 0.152. The first kappa shape index (κ1) is 16.9. The molecule has 2 aliphatic heterocycles. The van der Waals surface area contributed by atoms with E-state index in [9.17, 15) is 0 Å². The molecule has 0 radical (unpaired) electrons. The van der Waals surface area contributed by atoms with Gasteiger partial charge < -0.3 is 18.5 Å². The molecule has 4 heterocycles. The van der Waals surface area contributed by atoms with Crippen LogP contribution in [-0.2, 0) is 0 Å². The van der Waals surface area contributed by atoms with E-state index in [-0.39, 0.29) is 6.79 Å². The van der Waals surface area contributed by atoms with E-state index in [0.717, 1.165) is 10.9 Å². The first-order valence-electron chi connectivity index (χ1n) is 8.84. The molecule has 2 aliphatic rings. The average Bonchev–Trinajstić information content (AvgIpc) is 3.21. The normalized spacial score (nSPS) is 12.4. The fraction of sp³-hybridized carbons (Fsp3) is 0.0476. The van der Waals surface area contributed by atoms with Crippen molar-refractivity contribution in [3.05, 3.63) is 73.6 Å². The summed E-state index contributed by atoms with van der Waals surface area (Å²) in [6.07, 6.45) is 17.2. The second-order valence-electron chi connectivity index (χ2n) is 6.13. The first-order chi connectivity index (χ1) is 14.4. The smallest absolute Gasteiger partial charge is 0.231 e. The van der Waals surface area contributed by atoms with Crippen molar-refractivity contribution in [1.82, 2.24) is 24.5 Å². The maximum absolute atomic E-state index is 5.72. The van der Waals surface area contributed by atoms with Gasteiger partial charge in [0.05, 0.1) is 12.5 Å². The van der Waals surface area contributed by atoms with Gasteiger partial charge in [-0.05, 0) is 29.8 Å². The number of fused-ring (bicyclic) bond motifs is 4. The van der Waals surface area contributed by atoms with Gasteiger partial charge in [-0.15, -0.1) is 0 Å². The minimum Gasteiger partial charge on any atom is -0.473 e. The molecule has 5 rings (SSSR count). The van der Waals surface area contributed by atoms with Crippen molar-refractivity contribution in [1.29, 1.82) is 0 Å². The van der Waals surface area contributed by atoms with Crippen molar-refractivity contribution in [2.24, 2.45) is 0 Å². The SMILES string of the molecule is C1=Cn2ccncccoccc3cncnc3nc3c4c(cc1c3c2)OCO4. The van der Waals surface area contributed by atoms with Crippen LogP contribution in [-0.4, -0.2) is 31.3 Å². The van der Waals surface area contributed by atoms with E-state index in [4.69, 9.17) is 18.9 Å². The van der Waals surface area contributed by atoms with Gasteiger partial charge in [-0.1, -0.05) is 0 Å². The van der Waals surface area contributed by atoms with Crippen molar-refractivity contribution >= 4 is 34.2 Å². The molecular formula is C21H15N5O3. The summed E-state index contributed by atoms with van der Waals surface area (Å²) < 4.78 is 18.6. The molecule has 0 aliphatic carbocycles. The summed E-state index contributed by atoms with van der Waals surface area (Å²) in [5.74, 6) is 1.24. The van der Waals surface area contributed by atoms with E-state index < -0.39 is 0 Å². The lowest BCUT2D eigenvalue weighted by Crippen LogP contribution is -1.94. The Morgan fingerprint density at radius 3 is 3.07 bits per heavy atom. The van der Waals surface area contributed by atoms with Crippen LogP contribution in [0.4, 0.5) is 0 Å². The molecule has 2 aromatic heterocycles. The molecule has 0 spiro atoms. The highest BCUT2D eigenvalue weighted by Crippen LogP contribution is 2.40. The number of hydrogen-bond acceptors (Lipinski definition) is 7. The van der Waals surface area contributed by atoms with Crippen LogP contribution in [0.5, 0.6) is 11.5 Å².